The van der Waals surface area contributed by atoms with Crippen LogP contribution in [-0.2, 0) is 29.1 Å². The third kappa shape index (κ3) is 4.13. The van der Waals surface area contributed by atoms with Gasteiger partial charge < -0.3 is 14.8 Å². The molecule has 0 saturated heterocycles. The average molecular weight is 431 g/mol. The van der Waals surface area contributed by atoms with Crippen molar-refractivity contribution in [2.75, 3.05) is 12.4 Å². The van der Waals surface area contributed by atoms with Gasteiger partial charge in [0.15, 0.2) is 11.5 Å². The lowest BCUT2D eigenvalue weighted by Crippen LogP contribution is -2.38. The van der Waals surface area contributed by atoms with Crippen molar-refractivity contribution < 1.29 is 27.5 Å². The molecule has 2 aromatic rings. The maximum absolute atomic E-state index is 13.0. The van der Waals surface area contributed by atoms with Gasteiger partial charge in [0.05, 0.1) is 4.90 Å². The van der Waals surface area contributed by atoms with Crippen molar-refractivity contribution in [2.24, 2.45) is 0 Å². The van der Waals surface area contributed by atoms with Crippen LogP contribution in [-0.4, -0.2) is 42.9 Å². The summed E-state index contributed by atoms with van der Waals surface area (Å²) in [5, 5.41) is 2.56. The first-order chi connectivity index (χ1) is 14.3. The monoisotopic (exact) mass is 431 g/mol. The van der Waals surface area contributed by atoms with Gasteiger partial charge in [0.25, 0.3) is 15.9 Å². The number of nitrogens with one attached hydrogen (secondary N) is 1. The SMILES string of the molecule is CCC(=O)OC(C)OC1=C(C(=O)Nc2ccccn2)N(C)S(=O)(=O)c2ccccc21. The highest BCUT2D eigenvalue weighted by atomic mass is 32.2. The Kier molecular flexibility index (Phi) is 6.06. The number of carbonyl (C=O) groups is 2. The topological polar surface area (TPSA) is 115 Å². The molecular weight excluding hydrogens is 410 g/mol. The number of anilines is 1. The molecule has 3 rings (SSSR count). The van der Waals surface area contributed by atoms with Gasteiger partial charge in [-0.2, -0.15) is 0 Å². The van der Waals surface area contributed by atoms with E-state index < -0.39 is 28.2 Å². The van der Waals surface area contributed by atoms with E-state index in [4.69, 9.17) is 9.47 Å². The molecule has 1 aliphatic heterocycles. The van der Waals surface area contributed by atoms with Crippen molar-refractivity contribution in [3.63, 3.8) is 0 Å². The number of esters is 1. The van der Waals surface area contributed by atoms with Crippen LogP contribution in [0.1, 0.15) is 25.8 Å². The van der Waals surface area contributed by atoms with Crippen molar-refractivity contribution in [3.05, 3.63) is 59.9 Å². The van der Waals surface area contributed by atoms with E-state index in [1.165, 1.54) is 32.3 Å². The van der Waals surface area contributed by atoms with E-state index in [9.17, 15) is 18.0 Å². The molecule has 0 spiro atoms. The zero-order valence-corrected chi connectivity index (χ0v) is 17.5. The first-order valence-electron chi connectivity index (χ1n) is 9.16. The highest BCUT2D eigenvalue weighted by Crippen LogP contribution is 2.37. The van der Waals surface area contributed by atoms with E-state index >= 15 is 0 Å². The second-order valence-corrected chi connectivity index (χ2v) is 8.28. The second kappa shape index (κ2) is 8.54. The number of hydrogen-bond acceptors (Lipinski definition) is 7. The van der Waals surface area contributed by atoms with Crippen LogP contribution >= 0.6 is 0 Å². The summed E-state index contributed by atoms with van der Waals surface area (Å²) in [5.41, 5.74) is -0.0556. The molecule has 1 amide bonds. The van der Waals surface area contributed by atoms with Crippen LogP contribution in [0.4, 0.5) is 5.82 Å². The number of sulfonamides is 1. The molecule has 2 heterocycles. The molecule has 1 unspecified atom stereocenters. The normalized spacial score (nSPS) is 15.8. The first-order valence-corrected chi connectivity index (χ1v) is 10.6. The largest absolute Gasteiger partial charge is 0.452 e. The van der Waals surface area contributed by atoms with E-state index in [0.717, 1.165) is 4.31 Å². The lowest BCUT2D eigenvalue weighted by atomic mass is 10.1. The fraction of sp³-hybridized carbons (Fsp3) is 0.250. The predicted molar refractivity (Wildman–Crippen MR) is 108 cm³/mol. The van der Waals surface area contributed by atoms with Crippen LogP contribution < -0.4 is 5.32 Å². The smallest absolute Gasteiger partial charge is 0.308 e. The summed E-state index contributed by atoms with van der Waals surface area (Å²) < 4.78 is 37.7. The van der Waals surface area contributed by atoms with Crippen molar-refractivity contribution in [1.82, 2.24) is 9.29 Å². The molecule has 1 aromatic heterocycles. The van der Waals surface area contributed by atoms with Gasteiger partial charge in [-0.1, -0.05) is 25.1 Å². The minimum absolute atomic E-state index is 0.0206. The molecule has 0 radical (unpaired) electrons. The van der Waals surface area contributed by atoms with Crippen LogP contribution in [0.2, 0.25) is 0 Å². The molecule has 1 N–H and O–H groups in total. The molecular formula is C20H21N3O6S. The van der Waals surface area contributed by atoms with E-state index in [-0.39, 0.29) is 34.2 Å². The van der Waals surface area contributed by atoms with Crippen LogP contribution in [0.25, 0.3) is 5.76 Å². The Morgan fingerprint density at radius 1 is 1.17 bits per heavy atom. The Morgan fingerprint density at radius 3 is 2.53 bits per heavy atom. The van der Waals surface area contributed by atoms with Crippen molar-refractivity contribution in [3.8, 4) is 0 Å². The van der Waals surface area contributed by atoms with Gasteiger partial charge in [-0.3, -0.25) is 13.9 Å². The van der Waals surface area contributed by atoms with E-state index in [2.05, 4.69) is 10.3 Å². The lowest BCUT2D eigenvalue weighted by molar-refractivity contribution is -0.163. The molecule has 1 aromatic carbocycles. The van der Waals surface area contributed by atoms with Crippen molar-refractivity contribution in [2.45, 2.75) is 31.5 Å². The Bertz CT molecular complexity index is 1100. The number of aromatic nitrogens is 1. The van der Waals surface area contributed by atoms with Crippen molar-refractivity contribution >= 4 is 33.5 Å². The maximum Gasteiger partial charge on any atom is 0.308 e. The van der Waals surface area contributed by atoms with E-state index in [1.54, 1.807) is 37.3 Å². The number of amides is 1. The number of nitrogens with zero attached hydrogens (tertiary/aromatic N) is 2. The van der Waals surface area contributed by atoms with E-state index in [0.29, 0.717) is 0 Å². The summed E-state index contributed by atoms with van der Waals surface area (Å²) in [4.78, 5) is 28.7. The number of likely N-dealkylation sites (N-methyl/N-ethyl adjacent to an activating group) is 1. The number of pyridine rings is 1. The fourth-order valence-corrected chi connectivity index (χ4v) is 4.24. The third-order valence-corrected chi connectivity index (χ3v) is 6.11. The fourth-order valence-electron chi connectivity index (χ4n) is 2.85. The summed E-state index contributed by atoms with van der Waals surface area (Å²) in [7, 11) is -2.74. The molecule has 0 bridgehead atoms. The Balaban J connectivity index is 2.10. The minimum Gasteiger partial charge on any atom is -0.452 e. The third-order valence-electron chi connectivity index (χ3n) is 4.29. The minimum atomic E-state index is -4.00. The molecule has 10 heteroatoms. The molecule has 158 valence electrons. The van der Waals surface area contributed by atoms with Crippen LogP contribution in [0.5, 0.6) is 0 Å². The zero-order valence-electron chi connectivity index (χ0n) is 16.7. The molecule has 30 heavy (non-hydrogen) atoms. The second-order valence-electron chi connectivity index (χ2n) is 6.34. The van der Waals surface area contributed by atoms with Gasteiger partial charge in [-0.25, -0.2) is 13.4 Å². The van der Waals surface area contributed by atoms with Crippen molar-refractivity contribution in [1.29, 1.82) is 0 Å². The zero-order chi connectivity index (χ0) is 21.9. The van der Waals surface area contributed by atoms with Gasteiger partial charge in [-0.15, -0.1) is 0 Å². The first kappa shape index (κ1) is 21.3. The molecule has 1 atom stereocenters. The Hall–Kier alpha value is -3.40. The summed E-state index contributed by atoms with van der Waals surface area (Å²) in [6.45, 7) is 3.12. The highest BCUT2D eigenvalue weighted by molar-refractivity contribution is 7.89. The van der Waals surface area contributed by atoms with Gasteiger partial charge in [0, 0.05) is 32.2 Å². The average Bonchev–Trinajstić information content (AvgIpc) is 2.73. The van der Waals surface area contributed by atoms with Gasteiger partial charge >= 0.3 is 5.97 Å². The molecule has 0 saturated carbocycles. The van der Waals surface area contributed by atoms with Gasteiger partial charge in [-0.05, 0) is 24.3 Å². The van der Waals surface area contributed by atoms with Crippen LogP contribution in [0, 0.1) is 0 Å². The van der Waals surface area contributed by atoms with Gasteiger partial charge in [0.2, 0.25) is 6.29 Å². The number of carbonyl (C=O) groups excluding carboxylic acids is 2. The number of fused-ring (bicyclic) bond motifs is 1. The number of rotatable bonds is 6. The number of hydrogen-bond donors (Lipinski definition) is 1. The number of benzene rings is 1. The summed E-state index contributed by atoms with van der Waals surface area (Å²) in [6.07, 6.45) is 0.585. The lowest BCUT2D eigenvalue weighted by Gasteiger charge is -2.31. The predicted octanol–water partition coefficient (Wildman–Crippen LogP) is 2.34. The summed E-state index contributed by atoms with van der Waals surface area (Å²) >= 11 is 0. The quantitative estimate of drug-likeness (QED) is 0.551. The summed E-state index contributed by atoms with van der Waals surface area (Å²) in [6, 6.07) is 11.1. The molecule has 0 fully saturated rings. The van der Waals surface area contributed by atoms with E-state index in [1.807, 2.05) is 0 Å². The van der Waals surface area contributed by atoms with Crippen LogP contribution in [0.3, 0.4) is 0 Å². The van der Waals surface area contributed by atoms with Crippen LogP contribution in [0.15, 0.2) is 59.3 Å². The maximum atomic E-state index is 13.0. The highest BCUT2D eigenvalue weighted by Gasteiger charge is 2.39. The molecule has 0 aliphatic carbocycles. The molecule has 9 nitrogen and oxygen atoms in total. The standard InChI is InChI=1S/C20H21N3O6S/c1-4-17(24)28-13(2)29-19-14-9-5-6-10-15(14)30(26,27)23(3)18(19)20(25)22-16-11-7-8-12-21-16/h5-13H,4H2,1-3H3,(H,21,22,25). The van der Waals surface area contributed by atoms with Gasteiger partial charge in [0.1, 0.15) is 5.82 Å². The number of ether oxygens (including phenoxy) is 2. The summed E-state index contributed by atoms with van der Waals surface area (Å²) in [5.74, 6) is -1.01. The Labute approximate surface area is 174 Å². The molecule has 1 aliphatic rings. The Morgan fingerprint density at radius 2 is 1.87 bits per heavy atom.